The van der Waals surface area contributed by atoms with Gasteiger partial charge in [0.2, 0.25) is 5.95 Å². The summed E-state index contributed by atoms with van der Waals surface area (Å²) in [6.45, 7) is 5.65. The molecule has 174 valence electrons. The molecule has 4 N–H and O–H groups in total. The van der Waals surface area contributed by atoms with Gasteiger partial charge in [-0.3, -0.25) is 0 Å². The summed E-state index contributed by atoms with van der Waals surface area (Å²) in [5, 5.41) is 13.1. The highest BCUT2D eigenvalue weighted by molar-refractivity contribution is 5.78. The summed E-state index contributed by atoms with van der Waals surface area (Å²) in [6, 6.07) is 16.1. The number of phenolic OH excluding ortho intramolecular Hbond substituents is 1. The van der Waals surface area contributed by atoms with Gasteiger partial charge >= 0.3 is 0 Å². The maximum absolute atomic E-state index is 9.44. The lowest BCUT2D eigenvalue weighted by molar-refractivity contribution is 0.221. The molecule has 4 aromatic rings. The van der Waals surface area contributed by atoms with Gasteiger partial charge in [0.15, 0.2) is 5.89 Å². The van der Waals surface area contributed by atoms with Gasteiger partial charge in [-0.15, -0.1) is 0 Å². The number of rotatable bonds is 7. The van der Waals surface area contributed by atoms with Gasteiger partial charge in [0, 0.05) is 32.6 Å². The minimum atomic E-state index is 0. The zero-order chi connectivity index (χ0) is 21.9. The number of para-hydroxylation sites is 2. The molecule has 1 fully saturated rings. The maximum Gasteiger partial charge on any atom is 0.204 e. The molecule has 0 saturated carbocycles. The van der Waals surface area contributed by atoms with Crippen LogP contribution in [0.3, 0.4) is 0 Å². The fourth-order valence-corrected chi connectivity index (χ4v) is 4.41. The largest absolute Gasteiger partial charge is 0.508 e. The number of oxazole rings is 1. The van der Waals surface area contributed by atoms with Crippen molar-refractivity contribution in [2.75, 3.05) is 25.0 Å². The summed E-state index contributed by atoms with van der Waals surface area (Å²) in [4.78, 5) is 11.6. The normalized spacial score (nSPS) is 14.9. The number of anilines is 1. The summed E-state index contributed by atoms with van der Waals surface area (Å²) >= 11 is 0. The number of benzene rings is 2. The van der Waals surface area contributed by atoms with Crippen molar-refractivity contribution in [3.63, 3.8) is 0 Å². The first-order chi connectivity index (χ1) is 15.6. The average molecular weight is 450 g/mol. The molecule has 1 aliphatic heterocycles. The lowest BCUT2D eigenvalue weighted by atomic mass is 10.0. The molecule has 0 atom stereocenters. The first-order valence-corrected chi connectivity index (χ1v) is 11.3. The Bertz CT molecular complexity index is 1180. The Labute approximate surface area is 193 Å². The Hall–Kier alpha value is -3.36. The first-order valence-electron chi connectivity index (χ1n) is 11.3. The number of nitrogens with one attached hydrogen (secondary N) is 1. The minimum Gasteiger partial charge on any atom is -0.508 e. The molecule has 1 saturated heterocycles. The molecule has 0 amide bonds. The SMILES string of the molecule is Cc1ncc(Cn2c(NC3CCN(CCc4ccc(O)cc4)CC3)nc3ccccc32)o1.O. The Morgan fingerprint density at radius 3 is 2.58 bits per heavy atom. The summed E-state index contributed by atoms with van der Waals surface area (Å²) < 4.78 is 7.91. The van der Waals surface area contributed by atoms with E-state index < -0.39 is 0 Å². The molecule has 1 aliphatic rings. The average Bonchev–Trinajstić information content (AvgIpc) is 3.38. The first kappa shape index (κ1) is 22.8. The predicted octanol–water partition coefficient (Wildman–Crippen LogP) is 3.38. The standard InChI is InChI=1S/C25H29N5O2.H2O/c1-18-26-16-22(32-18)17-30-24-5-3-2-4-23(24)28-25(30)27-20-11-14-29(15-12-20)13-10-19-6-8-21(31)9-7-19;/h2-9,16,20,31H,10-15,17H2,1H3,(H,27,28);1H2. The van der Waals surface area contributed by atoms with Gasteiger partial charge in [0.05, 0.1) is 23.8 Å². The second-order valence-electron chi connectivity index (χ2n) is 8.53. The molecule has 0 spiro atoms. The van der Waals surface area contributed by atoms with Crippen molar-refractivity contribution in [2.45, 2.75) is 38.8 Å². The zero-order valence-corrected chi connectivity index (χ0v) is 18.9. The third-order valence-corrected chi connectivity index (χ3v) is 6.21. The second kappa shape index (κ2) is 10.1. The van der Waals surface area contributed by atoms with Crippen LogP contribution in [0.5, 0.6) is 5.75 Å². The second-order valence-corrected chi connectivity index (χ2v) is 8.53. The van der Waals surface area contributed by atoms with E-state index in [0.29, 0.717) is 24.2 Å². The molecule has 0 bridgehead atoms. The van der Waals surface area contributed by atoms with Crippen LogP contribution in [0.25, 0.3) is 11.0 Å². The Balaban J connectivity index is 0.00000259. The number of fused-ring (bicyclic) bond motifs is 1. The molecule has 2 aromatic carbocycles. The summed E-state index contributed by atoms with van der Waals surface area (Å²) in [5.74, 6) is 2.73. The molecular weight excluding hydrogens is 418 g/mol. The van der Waals surface area contributed by atoms with E-state index in [9.17, 15) is 5.11 Å². The van der Waals surface area contributed by atoms with Gasteiger partial charge in [-0.2, -0.15) is 0 Å². The number of piperidine rings is 1. The van der Waals surface area contributed by atoms with Gasteiger partial charge in [-0.05, 0) is 49.1 Å². The van der Waals surface area contributed by atoms with Crippen molar-refractivity contribution in [3.8, 4) is 5.75 Å². The van der Waals surface area contributed by atoms with E-state index in [1.807, 2.05) is 31.2 Å². The lowest BCUT2D eigenvalue weighted by Gasteiger charge is -2.32. The van der Waals surface area contributed by atoms with Crippen molar-refractivity contribution in [1.82, 2.24) is 19.4 Å². The Morgan fingerprint density at radius 2 is 1.85 bits per heavy atom. The van der Waals surface area contributed by atoms with Gasteiger partial charge in [0.1, 0.15) is 11.5 Å². The molecule has 8 heteroatoms. The van der Waals surface area contributed by atoms with Crippen molar-refractivity contribution in [1.29, 1.82) is 0 Å². The molecule has 5 rings (SSSR count). The number of aromatic hydroxyl groups is 1. The number of imidazole rings is 1. The van der Waals surface area contributed by atoms with Crippen molar-refractivity contribution in [3.05, 3.63) is 71.9 Å². The molecule has 33 heavy (non-hydrogen) atoms. The van der Waals surface area contributed by atoms with Crippen LogP contribution in [0.15, 0.2) is 59.1 Å². The van der Waals surface area contributed by atoms with Crippen LogP contribution in [-0.2, 0) is 13.0 Å². The number of aromatic nitrogens is 3. The monoisotopic (exact) mass is 449 g/mol. The van der Waals surface area contributed by atoms with E-state index in [4.69, 9.17) is 9.40 Å². The highest BCUT2D eigenvalue weighted by Crippen LogP contribution is 2.24. The summed E-state index contributed by atoms with van der Waals surface area (Å²) in [7, 11) is 0. The van der Waals surface area contributed by atoms with Crippen LogP contribution in [0, 0.1) is 6.92 Å². The van der Waals surface area contributed by atoms with Crippen LogP contribution in [0.2, 0.25) is 0 Å². The van der Waals surface area contributed by atoms with Crippen molar-refractivity contribution < 1.29 is 15.0 Å². The Kier molecular flexibility index (Phi) is 6.96. The molecule has 0 unspecified atom stereocenters. The van der Waals surface area contributed by atoms with Crippen LogP contribution in [0.4, 0.5) is 5.95 Å². The van der Waals surface area contributed by atoms with Crippen LogP contribution >= 0.6 is 0 Å². The summed E-state index contributed by atoms with van der Waals surface area (Å²) in [6.07, 6.45) is 4.96. The zero-order valence-electron chi connectivity index (χ0n) is 18.9. The third kappa shape index (κ3) is 5.35. The van der Waals surface area contributed by atoms with Gasteiger partial charge in [-0.1, -0.05) is 24.3 Å². The van der Waals surface area contributed by atoms with E-state index in [0.717, 1.165) is 61.6 Å². The molecule has 0 radical (unpaired) electrons. The predicted molar refractivity (Wildman–Crippen MR) is 129 cm³/mol. The van der Waals surface area contributed by atoms with Crippen molar-refractivity contribution >= 4 is 17.0 Å². The Morgan fingerprint density at radius 1 is 1.09 bits per heavy atom. The minimum absolute atomic E-state index is 0. The van der Waals surface area contributed by atoms with E-state index >= 15 is 0 Å². The molecule has 2 aromatic heterocycles. The smallest absolute Gasteiger partial charge is 0.204 e. The highest BCUT2D eigenvalue weighted by atomic mass is 16.4. The molecule has 3 heterocycles. The topological polar surface area (TPSA) is 111 Å². The van der Waals surface area contributed by atoms with Crippen LogP contribution in [-0.4, -0.2) is 55.7 Å². The number of hydrogen-bond donors (Lipinski definition) is 2. The molecule has 8 nitrogen and oxygen atoms in total. The van der Waals surface area contributed by atoms with E-state index in [1.54, 1.807) is 18.3 Å². The number of hydrogen-bond acceptors (Lipinski definition) is 6. The fourth-order valence-electron chi connectivity index (χ4n) is 4.41. The number of likely N-dealkylation sites (tertiary alicyclic amines) is 1. The highest BCUT2D eigenvalue weighted by Gasteiger charge is 2.21. The van der Waals surface area contributed by atoms with E-state index in [-0.39, 0.29) is 5.48 Å². The van der Waals surface area contributed by atoms with E-state index in [2.05, 4.69) is 31.9 Å². The third-order valence-electron chi connectivity index (χ3n) is 6.21. The number of nitrogens with zero attached hydrogens (tertiary/aromatic N) is 4. The van der Waals surface area contributed by atoms with Gasteiger partial charge in [-0.25, -0.2) is 9.97 Å². The lowest BCUT2D eigenvalue weighted by Crippen LogP contribution is -2.40. The van der Waals surface area contributed by atoms with Crippen molar-refractivity contribution in [2.24, 2.45) is 0 Å². The number of aryl methyl sites for hydroxylation is 1. The van der Waals surface area contributed by atoms with Gasteiger partial charge < -0.3 is 29.8 Å². The molecular formula is C25H31N5O3. The van der Waals surface area contributed by atoms with E-state index in [1.165, 1.54) is 5.56 Å². The van der Waals surface area contributed by atoms with Gasteiger partial charge in [0.25, 0.3) is 0 Å². The maximum atomic E-state index is 9.44. The molecule has 0 aliphatic carbocycles. The van der Waals surface area contributed by atoms with Crippen LogP contribution < -0.4 is 5.32 Å². The van der Waals surface area contributed by atoms with Crippen LogP contribution in [0.1, 0.15) is 30.1 Å². The fraction of sp³-hybridized carbons (Fsp3) is 0.360. The quantitative estimate of drug-likeness (QED) is 0.447. The number of phenols is 1. The summed E-state index contributed by atoms with van der Waals surface area (Å²) in [5.41, 5.74) is 3.34.